The van der Waals surface area contributed by atoms with Crippen LogP contribution in [0.5, 0.6) is 0 Å². The summed E-state index contributed by atoms with van der Waals surface area (Å²) in [5.41, 5.74) is 0.685. The fourth-order valence-corrected chi connectivity index (χ4v) is 4.26. The Balaban J connectivity index is 1.67. The van der Waals surface area contributed by atoms with Crippen molar-refractivity contribution in [3.8, 4) is 0 Å². The van der Waals surface area contributed by atoms with Crippen LogP contribution in [-0.2, 0) is 9.59 Å². The van der Waals surface area contributed by atoms with E-state index in [9.17, 15) is 14.7 Å². The van der Waals surface area contributed by atoms with Crippen molar-refractivity contribution in [2.24, 2.45) is 5.92 Å². The van der Waals surface area contributed by atoms with Crippen molar-refractivity contribution in [2.75, 3.05) is 5.32 Å². The third-order valence-electron chi connectivity index (χ3n) is 6.29. The van der Waals surface area contributed by atoms with E-state index >= 15 is 0 Å². The number of benzene rings is 1. The van der Waals surface area contributed by atoms with Crippen molar-refractivity contribution in [3.63, 3.8) is 0 Å². The molecule has 1 aromatic heterocycles. The second kappa shape index (κ2) is 16.9. The smallest absolute Gasteiger partial charge is 0.304 e. The summed E-state index contributed by atoms with van der Waals surface area (Å²) in [7, 11) is 0. The van der Waals surface area contributed by atoms with Crippen LogP contribution in [0.25, 0.3) is 10.8 Å². The van der Waals surface area contributed by atoms with Gasteiger partial charge in [-0.05, 0) is 31.4 Å². The number of anilines is 1. The van der Waals surface area contributed by atoms with Crippen LogP contribution >= 0.6 is 0 Å². The number of carboxylic acids is 1. The highest BCUT2D eigenvalue weighted by atomic mass is 16.4. The lowest BCUT2D eigenvalue weighted by atomic mass is 9.99. The maximum Gasteiger partial charge on any atom is 0.304 e. The Kier molecular flexibility index (Phi) is 13.7. The predicted octanol–water partition coefficient (Wildman–Crippen LogP) is 7.91. The summed E-state index contributed by atoms with van der Waals surface area (Å²) >= 11 is 0. The molecule has 1 aromatic carbocycles. The van der Waals surface area contributed by atoms with Crippen molar-refractivity contribution in [1.29, 1.82) is 0 Å². The van der Waals surface area contributed by atoms with Crippen LogP contribution < -0.4 is 5.32 Å². The van der Waals surface area contributed by atoms with Gasteiger partial charge in [-0.25, -0.2) is 0 Å². The maximum atomic E-state index is 12.8. The van der Waals surface area contributed by atoms with Crippen molar-refractivity contribution in [2.45, 2.75) is 96.8 Å². The van der Waals surface area contributed by atoms with E-state index in [0.29, 0.717) is 12.1 Å². The molecule has 0 spiro atoms. The fraction of sp³-hybridized carbons (Fsp3) is 0.552. The number of rotatable bonds is 18. The molecule has 0 saturated heterocycles. The molecule has 0 aliphatic heterocycles. The number of hydrogen-bond donors (Lipinski definition) is 2. The number of aromatic nitrogens is 1. The molecular weight excluding hydrogens is 424 g/mol. The number of hydrogen-bond acceptors (Lipinski definition) is 3. The third kappa shape index (κ3) is 11.0. The van der Waals surface area contributed by atoms with E-state index in [1.54, 1.807) is 12.4 Å². The Labute approximate surface area is 205 Å². The van der Waals surface area contributed by atoms with E-state index in [-0.39, 0.29) is 12.3 Å². The molecule has 0 saturated carbocycles. The molecule has 0 bridgehead atoms. The van der Waals surface area contributed by atoms with Gasteiger partial charge in [-0.3, -0.25) is 14.6 Å². The number of carbonyl (C=O) groups is 2. The largest absolute Gasteiger partial charge is 0.481 e. The molecule has 2 aromatic rings. The first-order chi connectivity index (χ1) is 16.6. The Morgan fingerprint density at radius 3 is 2.29 bits per heavy atom. The van der Waals surface area contributed by atoms with Crippen LogP contribution in [0.1, 0.15) is 96.8 Å². The van der Waals surface area contributed by atoms with E-state index in [1.807, 2.05) is 30.3 Å². The zero-order valence-electron chi connectivity index (χ0n) is 20.8. The Morgan fingerprint density at radius 2 is 1.62 bits per heavy atom. The first kappa shape index (κ1) is 27.6. The number of aliphatic carboxylic acids is 1. The molecule has 1 unspecified atom stereocenters. The summed E-state index contributed by atoms with van der Waals surface area (Å²) in [4.78, 5) is 28.3. The van der Waals surface area contributed by atoms with E-state index in [1.165, 1.54) is 64.2 Å². The summed E-state index contributed by atoms with van der Waals surface area (Å²) in [6.07, 6.45) is 23.3. The maximum absolute atomic E-state index is 12.8. The second-order valence-corrected chi connectivity index (χ2v) is 9.22. The van der Waals surface area contributed by atoms with Crippen molar-refractivity contribution >= 4 is 28.3 Å². The zero-order chi connectivity index (χ0) is 24.4. The predicted molar refractivity (Wildman–Crippen MR) is 141 cm³/mol. The average molecular weight is 467 g/mol. The van der Waals surface area contributed by atoms with E-state index in [0.717, 1.165) is 23.6 Å². The summed E-state index contributed by atoms with van der Waals surface area (Å²) < 4.78 is 0. The molecular formula is C29H42N2O3. The molecule has 2 N–H and O–H groups in total. The molecule has 2 rings (SSSR count). The number of amides is 1. The minimum atomic E-state index is -0.957. The van der Waals surface area contributed by atoms with Crippen molar-refractivity contribution in [3.05, 3.63) is 48.8 Å². The van der Waals surface area contributed by atoms with Gasteiger partial charge in [0.15, 0.2) is 0 Å². The fourth-order valence-electron chi connectivity index (χ4n) is 4.26. The molecule has 186 valence electrons. The monoisotopic (exact) mass is 466 g/mol. The molecule has 0 aliphatic carbocycles. The third-order valence-corrected chi connectivity index (χ3v) is 6.29. The van der Waals surface area contributed by atoms with Crippen LogP contribution in [0.4, 0.5) is 5.69 Å². The number of unbranched alkanes of at least 4 members (excludes halogenated alkanes) is 11. The number of carbonyl (C=O) groups excluding carboxylic acids is 1. The Bertz CT molecular complexity index is 889. The van der Waals surface area contributed by atoms with Gasteiger partial charge in [0.2, 0.25) is 5.91 Å². The van der Waals surface area contributed by atoms with Gasteiger partial charge in [0.1, 0.15) is 0 Å². The van der Waals surface area contributed by atoms with Gasteiger partial charge in [0.05, 0.1) is 12.3 Å². The molecule has 5 heteroatoms. The molecule has 1 atom stereocenters. The van der Waals surface area contributed by atoms with Crippen LogP contribution in [0.2, 0.25) is 0 Å². The average Bonchev–Trinajstić information content (AvgIpc) is 2.83. The van der Waals surface area contributed by atoms with Crippen molar-refractivity contribution in [1.82, 2.24) is 4.98 Å². The van der Waals surface area contributed by atoms with Gasteiger partial charge >= 0.3 is 5.97 Å². The van der Waals surface area contributed by atoms with Crippen LogP contribution in [0.3, 0.4) is 0 Å². The summed E-state index contributed by atoms with van der Waals surface area (Å²) in [5.74, 6) is -1.81. The molecule has 1 amide bonds. The van der Waals surface area contributed by atoms with E-state index < -0.39 is 11.9 Å². The summed E-state index contributed by atoms with van der Waals surface area (Å²) in [6, 6.07) is 7.48. The van der Waals surface area contributed by atoms with Gasteiger partial charge in [0, 0.05) is 28.9 Å². The van der Waals surface area contributed by atoms with Crippen molar-refractivity contribution < 1.29 is 14.7 Å². The number of pyridine rings is 1. The number of nitrogens with one attached hydrogen (secondary N) is 1. The summed E-state index contributed by atoms with van der Waals surface area (Å²) in [5, 5.41) is 14.0. The molecule has 0 radical (unpaired) electrons. The quantitative estimate of drug-likeness (QED) is 0.173. The van der Waals surface area contributed by atoms with E-state index in [2.05, 4.69) is 23.3 Å². The molecule has 34 heavy (non-hydrogen) atoms. The van der Waals surface area contributed by atoms with Gasteiger partial charge < -0.3 is 10.4 Å². The lowest BCUT2D eigenvalue weighted by Gasteiger charge is -2.14. The highest BCUT2D eigenvalue weighted by Crippen LogP contribution is 2.24. The molecule has 1 heterocycles. The second-order valence-electron chi connectivity index (χ2n) is 9.22. The first-order valence-electron chi connectivity index (χ1n) is 13.1. The number of allylic oxidation sites excluding steroid dienone is 2. The van der Waals surface area contributed by atoms with Gasteiger partial charge in [-0.1, -0.05) is 95.4 Å². The van der Waals surface area contributed by atoms with Crippen LogP contribution in [0.15, 0.2) is 48.8 Å². The van der Waals surface area contributed by atoms with Gasteiger partial charge in [-0.15, -0.1) is 0 Å². The van der Waals surface area contributed by atoms with Crippen LogP contribution in [-0.4, -0.2) is 22.0 Å². The minimum Gasteiger partial charge on any atom is -0.481 e. The highest BCUT2D eigenvalue weighted by Gasteiger charge is 2.21. The SMILES string of the molecule is CCCCCCCCCCCCC/C=C\CC(CC(=O)O)C(=O)Nc1cccc2cnccc12. The van der Waals surface area contributed by atoms with Gasteiger partial charge in [-0.2, -0.15) is 0 Å². The Hall–Kier alpha value is -2.69. The normalized spacial score (nSPS) is 12.3. The standard InChI is InChI=1S/C29H42N2O3/c1-2-3-4-5-6-7-8-9-10-11-12-13-14-15-17-24(22-28(32)33)29(34)31-27-19-16-18-25-23-30-21-20-26(25)27/h14-16,18-21,23-24H,2-13,17,22H2,1H3,(H,31,34)(H,32,33)/b15-14-. The first-order valence-corrected chi connectivity index (χ1v) is 13.1. The summed E-state index contributed by atoms with van der Waals surface area (Å²) in [6.45, 7) is 2.26. The highest BCUT2D eigenvalue weighted by molar-refractivity contribution is 6.03. The topological polar surface area (TPSA) is 79.3 Å². The van der Waals surface area contributed by atoms with Crippen LogP contribution in [0, 0.1) is 5.92 Å². The number of fused-ring (bicyclic) bond motifs is 1. The lowest BCUT2D eigenvalue weighted by Crippen LogP contribution is -2.25. The van der Waals surface area contributed by atoms with E-state index in [4.69, 9.17) is 0 Å². The minimum absolute atomic E-state index is 0.180. The van der Waals surface area contributed by atoms with Gasteiger partial charge in [0.25, 0.3) is 0 Å². The Morgan fingerprint density at radius 1 is 0.941 bits per heavy atom. The zero-order valence-corrected chi connectivity index (χ0v) is 20.8. The lowest BCUT2D eigenvalue weighted by molar-refractivity contribution is -0.140. The number of nitrogens with zero attached hydrogens (tertiary/aromatic N) is 1. The molecule has 0 aliphatic rings. The molecule has 0 fully saturated rings. The number of carboxylic acid groups (broad SMARTS) is 1. The molecule has 5 nitrogen and oxygen atoms in total.